The Morgan fingerprint density at radius 2 is 1.95 bits per heavy atom. The second-order valence-electron chi connectivity index (χ2n) is 4.11. The van der Waals surface area contributed by atoms with Crippen molar-refractivity contribution in [3.63, 3.8) is 0 Å². The lowest BCUT2D eigenvalue weighted by molar-refractivity contribution is 0.0685. The van der Waals surface area contributed by atoms with Crippen molar-refractivity contribution in [2.45, 2.75) is 6.92 Å². The zero-order valence-electron chi connectivity index (χ0n) is 10.6. The molecule has 0 amide bonds. The van der Waals surface area contributed by atoms with Crippen molar-refractivity contribution in [3.8, 4) is 11.8 Å². The molecular formula is C14H13N3O2. The van der Waals surface area contributed by atoms with E-state index in [0.717, 1.165) is 5.56 Å². The number of nitrogen functional groups attached to an aromatic ring is 1. The number of aryl methyl sites for hydroxylation is 1. The maximum Gasteiger partial charge on any atom is 0.354 e. The molecule has 1 aromatic carbocycles. The van der Waals surface area contributed by atoms with Gasteiger partial charge in [0.25, 0.3) is 0 Å². The van der Waals surface area contributed by atoms with Gasteiger partial charge in [0.05, 0.1) is 5.69 Å². The van der Waals surface area contributed by atoms with E-state index < -0.39 is 5.97 Å². The van der Waals surface area contributed by atoms with Crippen molar-refractivity contribution in [1.82, 2.24) is 9.55 Å². The standard InChI is InChI=1S/C14H13N3O2/c1-9-13(14(18)19)17(2)12(16-9)8-5-10-3-6-11(15)7-4-10/h3-4,6-7H,15H2,1-2H3,(H,18,19). The molecule has 2 aromatic rings. The van der Waals surface area contributed by atoms with Crippen molar-refractivity contribution in [3.05, 3.63) is 47.0 Å². The number of nitrogens with zero attached hydrogens (tertiary/aromatic N) is 2. The molecule has 0 saturated heterocycles. The summed E-state index contributed by atoms with van der Waals surface area (Å²) in [5.41, 5.74) is 7.66. The highest BCUT2D eigenvalue weighted by molar-refractivity contribution is 5.87. The van der Waals surface area contributed by atoms with E-state index in [9.17, 15) is 4.79 Å². The van der Waals surface area contributed by atoms with E-state index in [1.807, 2.05) is 0 Å². The molecule has 0 radical (unpaired) electrons. The van der Waals surface area contributed by atoms with Gasteiger partial charge >= 0.3 is 5.97 Å². The number of rotatable bonds is 1. The van der Waals surface area contributed by atoms with Crippen molar-refractivity contribution in [1.29, 1.82) is 0 Å². The molecule has 0 aliphatic rings. The minimum Gasteiger partial charge on any atom is -0.477 e. The van der Waals surface area contributed by atoms with Crippen LogP contribution in [0.25, 0.3) is 0 Å². The van der Waals surface area contributed by atoms with E-state index in [-0.39, 0.29) is 5.69 Å². The van der Waals surface area contributed by atoms with Crippen LogP contribution in [-0.2, 0) is 7.05 Å². The topological polar surface area (TPSA) is 81.1 Å². The summed E-state index contributed by atoms with van der Waals surface area (Å²) in [6, 6.07) is 7.12. The molecule has 1 heterocycles. The maximum atomic E-state index is 11.0. The van der Waals surface area contributed by atoms with Crippen molar-refractivity contribution in [2.75, 3.05) is 5.73 Å². The maximum absolute atomic E-state index is 11.0. The fourth-order valence-electron chi connectivity index (χ4n) is 1.74. The molecule has 0 fully saturated rings. The molecule has 0 atom stereocenters. The molecule has 0 saturated carbocycles. The first-order valence-corrected chi connectivity index (χ1v) is 5.63. The number of hydrogen-bond donors (Lipinski definition) is 2. The third-order valence-electron chi connectivity index (χ3n) is 2.70. The van der Waals surface area contributed by atoms with Crippen LogP contribution < -0.4 is 5.73 Å². The summed E-state index contributed by atoms with van der Waals surface area (Å²) in [6.07, 6.45) is 0. The number of nitrogens with two attached hydrogens (primary N) is 1. The predicted molar refractivity (Wildman–Crippen MR) is 71.7 cm³/mol. The zero-order valence-corrected chi connectivity index (χ0v) is 10.6. The summed E-state index contributed by atoms with van der Waals surface area (Å²) in [5, 5.41) is 9.05. The molecule has 0 aliphatic heterocycles. The quantitative estimate of drug-likeness (QED) is 0.596. The number of aromatic carboxylic acids is 1. The van der Waals surface area contributed by atoms with E-state index >= 15 is 0 Å². The van der Waals surface area contributed by atoms with Crippen molar-refractivity contribution in [2.24, 2.45) is 7.05 Å². The summed E-state index contributed by atoms with van der Waals surface area (Å²) in [6.45, 7) is 1.65. The Morgan fingerprint density at radius 1 is 1.32 bits per heavy atom. The Bertz CT molecular complexity index is 688. The molecular weight excluding hydrogens is 242 g/mol. The second-order valence-corrected chi connectivity index (χ2v) is 4.11. The number of hydrogen-bond acceptors (Lipinski definition) is 3. The van der Waals surface area contributed by atoms with Gasteiger partial charge in [0.15, 0.2) is 11.5 Å². The van der Waals surface area contributed by atoms with Crippen LogP contribution in [-0.4, -0.2) is 20.6 Å². The minimum absolute atomic E-state index is 0.154. The molecule has 96 valence electrons. The molecule has 0 bridgehead atoms. The van der Waals surface area contributed by atoms with Gasteiger partial charge in [-0.15, -0.1) is 0 Å². The molecule has 0 unspecified atom stereocenters. The average molecular weight is 255 g/mol. The molecule has 5 heteroatoms. The first-order chi connectivity index (χ1) is 8.99. The lowest BCUT2D eigenvalue weighted by atomic mass is 10.2. The van der Waals surface area contributed by atoms with E-state index in [2.05, 4.69) is 16.8 Å². The van der Waals surface area contributed by atoms with E-state index in [1.54, 1.807) is 38.2 Å². The molecule has 3 N–H and O–H groups in total. The smallest absolute Gasteiger partial charge is 0.354 e. The minimum atomic E-state index is -1.01. The highest BCUT2D eigenvalue weighted by Gasteiger charge is 2.15. The highest BCUT2D eigenvalue weighted by Crippen LogP contribution is 2.09. The number of carbonyl (C=O) groups is 1. The molecule has 1 aromatic heterocycles. The fourth-order valence-corrected chi connectivity index (χ4v) is 1.74. The lowest BCUT2D eigenvalue weighted by Gasteiger charge is -1.97. The van der Waals surface area contributed by atoms with Crippen LogP contribution in [0.1, 0.15) is 27.6 Å². The number of aromatic nitrogens is 2. The van der Waals surface area contributed by atoms with Gasteiger partial charge in [0.2, 0.25) is 0 Å². The highest BCUT2D eigenvalue weighted by atomic mass is 16.4. The Labute approximate surface area is 110 Å². The zero-order chi connectivity index (χ0) is 14.0. The molecule has 19 heavy (non-hydrogen) atoms. The van der Waals surface area contributed by atoms with E-state index in [0.29, 0.717) is 17.2 Å². The second kappa shape index (κ2) is 4.86. The Kier molecular flexibility index (Phi) is 3.25. The van der Waals surface area contributed by atoms with Crippen molar-refractivity contribution < 1.29 is 9.90 Å². The Hall–Kier alpha value is -2.74. The van der Waals surface area contributed by atoms with Gasteiger partial charge in [-0.05, 0) is 37.1 Å². The average Bonchev–Trinajstić information content (AvgIpc) is 2.63. The summed E-state index contributed by atoms with van der Waals surface area (Å²) >= 11 is 0. The van der Waals surface area contributed by atoms with Gasteiger partial charge in [-0.25, -0.2) is 9.78 Å². The fraction of sp³-hybridized carbons (Fsp3) is 0.143. The third-order valence-corrected chi connectivity index (χ3v) is 2.70. The lowest BCUT2D eigenvalue weighted by Crippen LogP contribution is -2.07. The van der Waals surface area contributed by atoms with Gasteiger partial charge in [-0.2, -0.15) is 0 Å². The van der Waals surface area contributed by atoms with Crippen LogP contribution in [0.2, 0.25) is 0 Å². The first-order valence-electron chi connectivity index (χ1n) is 5.63. The molecule has 0 spiro atoms. The number of imidazole rings is 1. The van der Waals surface area contributed by atoms with Crippen LogP contribution >= 0.6 is 0 Å². The third kappa shape index (κ3) is 2.58. The monoisotopic (exact) mass is 255 g/mol. The van der Waals surface area contributed by atoms with Gasteiger partial charge in [-0.3, -0.25) is 0 Å². The number of anilines is 1. The largest absolute Gasteiger partial charge is 0.477 e. The van der Waals surface area contributed by atoms with E-state index in [1.165, 1.54) is 4.57 Å². The Morgan fingerprint density at radius 3 is 2.47 bits per heavy atom. The molecule has 2 rings (SSSR count). The van der Waals surface area contributed by atoms with Gasteiger partial charge < -0.3 is 15.4 Å². The van der Waals surface area contributed by atoms with Gasteiger partial charge in [0, 0.05) is 18.3 Å². The number of carboxylic acid groups (broad SMARTS) is 1. The summed E-state index contributed by atoms with van der Waals surface area (Å²) in [7, 11) is 1.64. The number of benzene rings is 1. The van der Waals surface area contributed by atoms with Crippen LogP contribution in [0.15, 0.2) is 24.3 Å². The van der Waals surface area contributed by atoms with Crippen LogP contribution in [0.4, 0.5) is 5.69 Å². The molecule has 5 nitrogen and oxygen atoms in total. The number of carboxylic acids is 1. The van der Waals surface area contributed by atoms with Gasteiger partial charge in [-0.1, -0.05) is 5.92 Å². The van der Waals surface area contributed by atoms with Crippen LogP contribution in [0, 0.1) is 18.8 Å². The van der Waals surface area contributed by atoms with E-state index in [4.69, 9.17) is 10.8 Å². The van der Waals surface area contributed by atoms with Crippen LogP contribution in [0.3, 0.4) is 0 Å². The van der Waals surface area contributed by atoms with Crippen LogP contribution in [0.5, 0.6) is 0 Å². The van der Waals surface area contributed by atoms with Gasteiger partial charge in [0.1, 0.15) is 0 Å². The normalized spacial score (nSPS) is 9.79. The first kappa shape index (κ1) is 12.7. The summed E-state index contributed by atoms with van der Waals surface area (Å²) in [5.74, 6) is 5.21. The summed E-state index contributed by atoms with van der Waals surface area (Å²) < 4.78 is 1.47. The molecule has 0 aliphatic carbocycles. The predicted octanol–water partition coefficient (Wildman–Crippen LogP) is 1.41. The Balaban J connectivity index is 2.38. The van der Waals surface area contributed by atoms with Crippen molar-refractivity contribution >= 4 is 11.7 Å². The summed E-state index contributed by atoms with van der Waals surface area (Å²) in [4.78, 5) is 15.2. The SMILES string of the molecule is Cc1nc(C#Cc2ccc(N)cc2)n(C)c1C(=O)O.